The molecule has 0 fully saturated rings. The van der Waals surface area contributed by atoms with E-state index in [1.807, 2.05) is 0 Å². The van der Waals surface area contributed by atoms with E-state index in [-0.39, 0.29) is 12.3 Å². The second kappa shape index (κ2) is 5.43. The highest BCUT2D eigenvalue weighted by atomic mass is 16.5. The summed E-state index contributed by atoms with van der Waals surface area (Å²) in [6.07, 6.45) is 1.50. The van der Waals surface area contributed by atoms with E-state index in [0.717, 1.165) is 0 Å². The van der Waals surface area contributed by atoms with Crippen molar-refractivity contribution in [2.24, 2.45) is 5.41 Å². The standard InChI is InChI=1S/C12H15NO4/c1-12(2,11(15)16-3)8-17-10(14)9-6-4-5-7-13-9/h4-7H,8H2,1-3H3. The third kappa shape index (κ3) is 3.55. The molecule has 0 radical (unpaired) electrons. The van der Waals surface area contributed by atoms with Crippen molar-refractivity contribution in [1.82, 2.24) is 4.98 Å². The lowest BCUT2D eigenvalue weighted by molar-refractivity contribution is -0.152. The summed E-state index contributed by atoms with van der Waals surface area (Å²) < 4.78 is 9.62. The van der Waals surface area contributed by atoms with Gasteiger partial charge in [-0.3, -0.25) is 4.79 Å². The zero-order chi connectivity index (χ0) is 12.9. The lowest BCUT2D eigenvalue weighted by atomic mass is 9.95. The fraction of sp³-hybridized carbons (Fsp3) is 0.417. The number of rotatable bonds is 4. The van der Waals surface area contributed by atoms with Gasteiger partial charge in [0.25, 0.3) is 0 Å². The lowest BCUT2D eigenvalue weighted by Gasteiger charge is -2.20. The second-order valence-corrected chi connectivity index (χ2v) is 4.17. The van der Waals surface area contributed by atoms with Gasteiger partial charge in [0.2, 0.25) is 0 Å². The van der Waals surface area contributed by atoms with Crippen LogP contribution < -0.4 is 0 Å². The van der Waals surface area contributed by atoms with Crippen molar-refractivity contribution < 1.29 is 19.1 Å². The zero-order valence-corrected chi connectivity index (χ0v) is 10.1. The van der Waals surface area contributed by atoms with Crippen LogP contribution in [-0.2, 0) is 14.3 Å². The van der Waals surface area contributed by atoms with Gasteiger partial charge in [0.1, 0.15) is 12.3 Å². The summed E-state index contributed by atoms with van der Waals surface area (Å²) >= 11 is 0. The molecule has 0 aliphatic carbocycles. The third-order valence-corrected chi connectivity index (χ3v) is 2.18. The molecule has 5 nitrogen and oxygen atoms in total. The molecule has 1 aromatic rings. The number of carbonyl (C=O) groups excluding carboxylic acids is 2. The summed E-state index contributed by atoms with van der Waals surface area (Å²) in [5.74, 6) is -0.978. The Balaban J connectivity index is 2.57. The van der Waals surface area contributed by atoms with E-state index in [1.165, 1.54) is 13.3 Å². The lowest BCUT2D eigenvalue weighted by Crippen LogP contribution is -2.32. The Hall–Kier alpha value is -1.91. The maximum Gasteiger partial charge on any atom is 0.356 e. The molecule has 0 aliphatic heterocycles. The highest BCUT2D eigenvalue weighted by Crippen LogP contribution is 2.17. The average Bonchev–Trinajstić information content (AvgIpc) is 2.36. The Kier molecular flexibility index (Phi) is 4.20. The molecule has 0 amide bonds. The molecule has 0 unspecified atom stereocenters. The number of esters is 2. The van der Waals surface area contributed by atoms with E-state index < -0.39 is 17.4 Å². The van der Waals surface area contributed by atoms with Crippen molar-refractivity contribution in [3.05, 3.63) is 30.1 Å². The number of nitrogens with zero attached hydrogens (tertiary/aromatic N) is 1. The third-order valence-electron chi connectivity index (χ3n) is 2.18. The molecular weight excluding hydrogens is 222 g/mol. The maximum absolute atomic E-state index is 11.6. The van der Waals surface area contributed by atoms with Gasteiger partial charge in [-0.25, -0.2) is 9.78 Å². The van der Waals surface area contributed by atoms with E-state index in [4.69, 9.17) is 4.74 Å². The van der Waals surface area contributed by atoms with Gasteiger partial charge in [-0.15, -0.1) is 0 Å². The monoisotopic (exact) mass is 237 g/mol. The van der Waals surface area contributed by atoms with Crippen LogP contribution in [0.15, 0.2) is 24.4 Å². The van der Waals surface area contributed by atoms with Gasteiger partial charge < -0.3 is 9.47 Å². The molecule has 0 bridgehead atoms. The van der Waals surface area contributed by atoms with Crippen molar-refractivity contribution in [1.29, 1.82) is 0 Å². The van der Waals surface area contributed by atoms with Crippen LogP contribution in [0.5, 0.6) is 0 Å². The van der Waals surface area contributed by atoms with Crippen LogP contribution in [0.2, 0.25) is 0 Å². The molecule has 5 heteroatoms. The van der Waals surface area contributed by atoms with Crippen LogP contribution in [0.3, 0.4) is 0 Å². The molecule has 0 atom stereocenters. The summed E-state index contributed by atoms with van der Waals surface area (Å²) in [4.78, 5) is 26.8. The first-order valence-electron chi connectivity index (χ1n) is 5.14. The minimum atomic E-state index is -0.862. The molecule has 0 aromatic carbocycles. The van der Waals surface area contributed by atoms with Crippen LogP contribution in [-0.4, -0.2) is 30.6 Å². The first kappa shape index (κ1) is 13.2. The summed E-state index contributed by atoms with van der Waals surface area (Å²) in [6.45, 7) is 3.24. The summed E-state index contributed by atoms with van der Waals surface area (Å²) in [5.41, 5.74) is -0.646. The van der Waals surface area contributed by atoms with Gasteiger partial charge in [0, 0.05) is 6.20 Å². The number of aromatic nitrogens is 1. The highest BCUT2D eigenvalue weighted by molar-refractivity contribution is 5.87. The van der Waals surface area contributed by atoms with E-state index in [1.54, 1.807) is 32.0 Å². The van der Waals surface area contributed by atoms with E-state index >= 15 is 0 Å². The predicted octanol–water partition coefficient (Wildman–Crippen LogP) is 1.44. The van der Waals surface area contributed by atoms with Gasteiger partial charge in [-0.2, -0.15) is 0 Å². The van der Waals surface area contributed by atoms with Crippen molar-refractivity contribution >= 4 is 11.9 Å². The van der Waals surface area contributed by atoms with Crippen LogP contribution >= 0.6 is 0 Å². The Morgan fingerprint density at radius 1 is 1.35 bits per heavy atom. The Labute approximate surface area is 99.8 Å². The molecule has 92 valence electrons. The molecule has 1 aromatic heterocycles. The minimum absolute atomic E-state index is 0.0465. The summed E-state index contributed by atoms with van der Waals surface area (Å²) in [7, 11) is 1.30. The Bertz CT molecular complexity index is 400. The molecule has 0 spiro atoms. The number of hydrogen-bond donors (Lipinski definition) is 0. The van der Waals surface area contributed by atoms with Gasteiger partial charge in [-0.1, -0.05) is 6.07 Å². The van der Waals surface area contributed by atoms with Crippen LogP contribution in [0.25, 0.3) is 0 Å². The molecular formula is C12H15NO4. The average molecular weight is 237 g/mol. The van der Waals surface area contributed by atoms with Crippen LogP contribution in [0.1, 0.15) is 24.3 Å². The first-order chi connectivity index (χ1) is 7.97. The molecule has 0 N–H and O–H groups in total. The topological polar surface area (TPSA) is 65.5 Å². The molecule has 0 aliphatic rings. The molecule has 17 heavy (non-hydrogen) atoms. The summed E-state index contributed by atoms with van der Waals surface area (Å²) in [5, 5.41) is 0. The van der Waals surface area contributed by atoms with E-state index in [0.29, 0.717) is 0 Å². The van der Waals surface area contributed by atoms with Gasteiger partial charge >= 0.3 is 11.9 Å². The SMILES string of the molecule is COC(=O)C(C)(C)COC(=O)c1ccccn1. The highest BCUT2D eigenvalue weighted by Gasteiger charge is 2.30. The zero-order valence-electron chi connectivity index (χ0n) is 10.1. The van der Waals surface area contributed by atoms with Gasteiger partial charge in [-0.05, 0) is 26.0 Å². The number of carbonyl (C=O) groups is 2. The molecule has 1 rings (SSSR count). The fourth-order valence-electron chi connectivity index (χ4n) is 1.14. The normalized spacial score (nSPS) is 10.8. The quantitative estimate of drug-likeness (QED) is 0.741. The number of pyridine rings is 1. The van der Waals surface area contributed by atoms with Crippen LogP contribution in [0.4, 0.5) is 0 Å². The smallest absolute Gasteiger partial charge is 0.356 e. The minimum Gasteiger partial charge on any atom is -0.469 e. The van der Waals surface area contributed by atoms with Crippen molar-refractivity contribution in [3.63, 3.8) is 0 Å². The van der Waals surface area contributed by atoms with Gasteiger partial charge in [0.05, 0.1) is 12.5 Å². The van der Waals surface area contributed by atoms with E-state index in [9.17, 15) is 9.59 Å². The van der Waals surface area contributed by atoms with Gasteiger partial charge in [0.15, 0.2) is 0 Å². The first-order valence-corrected chi connectivity index (χ1v) is 5.14. The Morgan fingerprint density at radius 2 is 2.06 bits per heavy atom. The maximum atomic E-state index is 11.6. The van der Waals surface area contributed by atoms with E-state index in [2.05, 4.69) is 9.72 Å². The Morgan fingerprint density at radius 3 is 2.59 bits per heavy atom. The van der Waals surface area contributed by atoms with Crippen molar-refractivity contribution in [3.8, 4) is 0 Å². The number of hydrogen-bond acceptors (Lipinski definition) is 5. The van der Waals surface area contributed by atoms with Crippen molar-refractivity contribution in [2.75, 3.05) is 13.7 Å². The number of ether oxygens (including phenoxy) is 2. The molecule has 0 saturated carbocycles. The van der Waals surface area contributed by atoms with Crippen LogP contribution in [0, 0.1) is 5.41 Å². The molecule has 1 heterocycles. The number of methoxy groups -OCH3 is 1. The van der Waals surface area contributed by atoms with Crippen molar-refractivity contribution in [2.45, 2.75) is 13.8 Å². The summed E-state index contributed by atoms with van der Waals surface area (Å²) in [6, 6.07) is 4.94. The molecule has 0 saturated heterocycles. The second-order valence-electron chi connectivity index (χ2n) is 4.17. The fourth-order valence-corrected chi connectivity index (χ4v) is 1.14. The largest absolute Gasteiger partial charge is 0.469 e. The predicted molar refractivity (Wildman–Crippen MR) is 60.3 cm³/mol.